The molecule has 0 unspecified atom stereocenters. The summed E-state index contributed by atoms with van der Waals surface area (Å²) < 4.78 is 11.1. The van der Waals surface area contributed by atoms with E-state index in [-0.39, 0.29) is 10.8 Å². The van der Waals surface area contributed by atoms with E-state index in [1.165, 1.54) is 6.92 Å². The lowest BCUT2D eigenvalue weighted by atomic mass is 10.2. The van der Waals surface area contributed by atoms with Crippen molar-refractivity contribution in [1.29, 1.82) is 0 Å². The van der Waals surface area contributed by atoms with Gasteiger partial charge < -0.3 is 9.16 Å². The van der Waals surface area contributed by atoms with Crippen molar-refractivity contribution in [2.75, 3.05) is 0 Å². The molecule has 0 amide bonds. The van der Waals surface area contributed by atoms with Gasteiger partial charge in [-0.3, -0.25) is 9.59 Å². The van der Waals surface area contributed by atoms with Gasteiger partial charge in [-0.1, -0.05) is 20.8 Å². The number of hydrogen-bond donors (Lipinski definition) is 0. The summed E-state index contributed by atoms with van der Waals surface area (Å²) in [5.41, 5.74) is 0.316. The number of esters is 1. The van der Waals surface area contributed by atoms with Crippen molar-refractivity contribution in [2.24, 2.45) is 0 Å². The molecule has 0 aromatic heterocycles. The van der Waals surface area contributed by atoms with Gasteiger partial charge in [-0.25, -0.2) is 0 Å². The number of carbonyl (C=O) groups excluding carboxylic acids is 2. The fourth-order valence-electron chi connectivity index (χ4n) is 1.38. The first-order chi connectivity index (χ1) is 9.06. The summed E-state index contributed by atoms with van der Waals surface area (Å²) in [7, 11) is -1.95. The molecule has 4 nitrogen and oxygen atoms in total. The highest BCUT2D eigenvalue weighted by Crippen LogP contribution is 2.38. The summed E-state index contributed by atoms with van der Waals surface area (Å²) in [6.07, 6.45) is 0.663. The van der Waals surface area contributed by atoms with Crippen LogP contribution in [-0.2, 0) is 4.79 Å². The molecule has 0 atom stereocenters. The highest BCUT2D eigenvalue weighted by Gasteiger charge is 2.39. The van der Waals surface area contributed by atoms with Gasteiger partial charge in [0.1, 0.15) is 11.5 Å². The maximum atomic E-state index is 11.1. The molecule has 0 aliphatic carbocycles. The average molecular weight is 294 g/mol. The molecule has 0 saturated heterocycles. The van der Waals surface area contributed by atoms with E-state index in [4.69, 9.17) is 9.16 Å². The van der Waals surface area contributed by atoms with Crippen molar-refractivity contribution in [2.45, 2.75) is 45.8 Å². The quantitative estimate of drug-likeness (QED) is 0.367. The molecular weight excluding hydrogens is 272 g/mol. The standard InChI is InChI=1S/C15H22O4Si/c1-11(17)18-14-8-7-13(9-12(14)10-16)19-20(5,6)15(2,3)4/h7-10H,1-6H3. The third kappa shape index (κ3) is 3.93. The second-order valence-electron chi connectivity index (χ2n) is 6.27. The zero-order valence-electron chi connectivity index (χ0n) is 12.9. The fourth-order valence-corrected chi connectivity index (χ4v) is 2.40. The Morgan fingerprint density at radius 3 is 2.30 bits per heavy atom. The van der Waals surface area contributed by atoms with Crippen molar-refractivity contribution in [3.63, 3.8) is 0 Å². The SMILES string of the molecule is CC(=O)Oc1ccc(O[Si](C)(C)C(C)(C)C)cc1C=O. The first-order valence-corrected chi connectivity index (χ1v) is 9.44. The molecule has 0 N–H and O–H groups in total. The van der Waals surface area contributed by atoms with Crippen molar-refractivity contribution in [3.05, 3.63) is 23.8 Å². The van der Waals surface area contributed by atoms with Crippen molar-refractivity contribution >= 4 is 20.6 Å². The Labute approximate surface area is 121 Å². The smallest absolute Gasteiger partial charge is 0.308 e. The van der Waals surface area contributed by atoms with Crippen LogP contribution in [0.5, 0.6) is 11.5 Å². The Hall–Kier alpha value is -1.62. The lowest BCUT2D eigenvalue weighted by molar-refractivity contribution is -0.131. The van der Waals surface area contributed by atoms with Crippen LogP contribution in [0.2, 0.25) is 18.1 Å². The lowest BCUT2D eigenvalue weighted by Crippen LogP contribution is -2.43. The van der Waals surface area contributed by atoms with Gasteiger partial charge in [-0.05, 0) is 36.3 Å². The molecule has 0 heterocycles. The highest BCUT2D eigenvalue weighted by molar-refractivity contribution is 6.74. The Morgan fingerprint density at radius 1 is 1.25 bits per heavy atom. The minimum Gasteiger partial charge on any atom is -0.543 e. The predicted molar refractivity (Wildman–Crippen MR) is 81.0 cm³/mol. The van der Waals surface area contributed by atoms with Crippen LogP contribution >= 0.6 is 0 Å². The molecule has 20 heavy (non-hydrogen) atoms. The van der Waals surface area contributed by atoms with E-state index >= 15 is 0 Å². The minimum atomic E-state index is -1.95. The van der Waals surface area contributed by atoms with Gasteiger partial charge in [0.2, 0.25) is 8.32 Å². The molecule has 0 radical (unpaired) electrons. The van der Waals surface area contributed by atoms with Crippen LogP contribution < -0.4 is 9.16 Å². The summed E-state index contributed by atoms with van der Waals surface area (Å²) >= 11 is 0. The number of rotatable bonds is 4. The topological polar surface area (TPSA) is 52.6 Å². The monoisotopic (exact) mass is 294 g/mol. The van der Waals surface area contributed by atoms with Gasteiger partial charge in [0.15, 0.2) is 6.29 Å². The number of hydrogen-bond acceptors (Lipinski definition) is 4. The third-order valence-corrected chi connectivity index (χ3v) is 7.90. The maximum absolute atomic E-state index is 11.1. The van der Waals surface area contributed by atoms with Gasteiger partial charge in [-0.2, -0.15) is 0 Å². The van der Waals surface area contributed by atoms with Gasteiger partial charge in [0.25, 0.3) is 0 Å². The first-order valence-electron chi connectivity index (χ1n) is 6.53. The summed E-state index contributed by atoms with van der Waals surface area (Å²) in [5, 5.41) is 0.0723. The number of ether oxygens (including phenoxy) is 1. The van der Waals surface area contributed by atoms with Gasteiger partial charge in [-0.15, -0.1) is 0 Å². The van der Waals surface area contributed by atoms with Crippen LogP contribution in [0.1, 0.15) is 38.1 Å². The van der Waals surface area contributed by atoms with E-state index in [1.807, 2.05) is 0 Å². The molecule has 0 aliphatic rings. The number of aldehydes is 1. The molecule has 0 bridgehead atoms. The minimum absolute atomic E-state index is 0.0723. The van der Waals surface area contributed by atoms with Crippen molar-refractivity contribution < 1.29 is 18.8 Å². The predicted octanol–water partition coefficient (Wildman–Crippen LogP) is 3.81. The lowest BCUT2D eigenvalue weighted by Gasteiger charge is -2.36. The second-order valence-corrected chi connectivity index (χ2v) is 11.0. The molecule has 1 aromatic carbocycles. The second kappa shape index (κ2) is 5.79. The van der Waals surface area contributed by atoms with Crippen LogP contribution in [0, 0.1) is 0 Å². The maximum Gasteiger partial charge on any atom is 0.308 e. The van der Waals surface area contributed by atoms with E-state index in [2.05, 4.69) is 33.9 Å². The van der Waals surface area contributed by atoms with Gasteiger partial charge >= 0.3 is 5.97 Å². The Morgan fingerprint density at radius 2 is 1.85 bits per heavy atom. The summed E-state index contributed by atoms with van der Waals surface area (Å²) in [5.74, 6) is 0.441. The van der Waals surface area contributed by atoms with E-state index in [9.17, 15) is 9.59 Å². The number of benzene rings is 1. The molecule has 0 saturated carbocycles. The largest absolute Gasteiger partial charge is 0.543 e. The van der Waals surface area contributed by atoms with Crippen LogP contribution in [0.3, 0.4) is 0 Å². The fraction of sp³-hybridized carbons (Fsp3) is 0.467. The molecule has 0 aliphatic heterocycles. The van der Waals surface area contributed by atoms with Crippen molar-refractivity contribution in [3.8, 4) is 11.5 Å². The van der Waals surface area contributed by atoms with E-state index in [1.54, 1.807) is 18.2 Å². The first kappa shape index (κ1) is 16.4. The van der Waals surface area contributed by atoms with Gasteiger partial charge in [0, 0.05) is 6.92 Å². The molecular formula is C15H22O4Si. The summed E-state index contributed by atoms with van der Waals surface area (Å²) in [4.78, 5) is 22.1. The number of carbonyl (C=O) groups is 2. The summed E-state index contributed by atoms with van der Waals surface area (Å²) in [6, 6.07) is 4.94. The Kier molecular flexibility index (Phi) is 4.75. The zero-order chi connectivity index (χ0) is 15.6. The van der Waals surface area contributed by atoms with Crippen LogP contribution in [0.15, 0.2) is 18.2 Å². The zero-order valence-corrected chi connectivity index (χ0v) is 13.9. The van der Waals surface area contributed by atoms with E-state index in [0.29, 0.717) is 17.6 Å². The highest BCUT2D eigenvalue weighted by atomic mass is 28.4. The average Bonchev–Trinajstić information content (AvgIpc) is 2.28. The van der Waals surface area contributed by atoms with Crippen LogP contribution in [0.25, 0.3) is 0 Å². The van der Waals surface area contributed by atoms with Crippen molar-refractivity contribution in [1.82, 2.24) is 0 Å². The third-order valence-electron chi connectivity index (χ3n) is 3.54. The van der Waals surface area contributed by atoms with Gasteiger partial charge in [0.05, 0.1) is 5.56 Å². The molecule has 0 spiro atoms. The Bertz CT molecular complexity index is 515. The molecule has 110 valence electrons. The molecule has 1 aromatic rings. The molecule has 5 heteroatoms. The molecule has 1 rings (SSSR count). The molecule has 0 fully saturated rings. The summed E-state index contributed by atoms with van der Waals surface area (Å²) in [6.45, 7) is 12.0. The van der Waals surface area contributed by atoms with E-state index in [0.717, 1.165) is 0 Å². The normalized spacial score (nSPS) is 11.9. The van der Waals surface area contributed by atoms with Crippen LogP contribution in [-0.4, -0.2) is 20.6 Å². The van der Waals surface area contributed by atoms with Crippen LogP contribution in [0.4, 0.5) is 0 Å². The van der Waals surface area contributed by atoms with E-state index < -0.39 is 14.3 Å². The Balaban J connectivity index is 3.05.